The Labute approximate surface area is 192 Å². The van der Waals surface area contributed by atoms with Crippen LogP contribution in [0.5, 0.6) is 0 Å². The predicted octanol–water partition coefficient (Wildman–Crippen LogP) is 4.59. The van der Waals surface area contributed by atoms with Crippen molar-refractivity contribution in [1.82, 2.24) is 9.97 Å². The van der Waals surface area contributed by atoms with Gasteiger partial charge < -0.3 is 5.11 Å². The summed E-state index contributed by atoms with van der Waals surface area (Å²) in [6.07, 6.45) is 3.65. The van der Waals surface area contributed by atoms with E-state index in [9.17, 15) is 15.2 Å². The Morgan fingerprint density at radius 2 is 2.03 bits per heavy atom. The van der Waals surface area contributed by atoms with Gasteiger partial charge in [0, 0.05) is 36.2 Å². The zero-order chi connectivity index (χ0) is 22.9. The molecule has 1 aliphatic carbocycles. The van der Waals surface area contributed by atoms with Crippen LogP contribution in [0.2, 0.25) is 0 Å². The maximum atomic E-state index is 12.7. The molecule has 0 spiro atoms. The van der Waals surface area contributed by atoms with Crippen LogP contribution in [0.1, 0.15) is 53.3 Å². The Morgan fingerprint density at radius 3 is 2.66 bits per heavy atom. The first-order valence-corrected chi connectivity index (χ1v) is 11.5. The normalized spacial score (nSPS) is 22.1. The largest absolute Gasteiger partial charge is 0.389 e. The molecule has 0 saturated carbocycles. The van der Waals surface area contributed by atoms with Gasteiger partial charge in [-0.2, -0.15) is 5.26 Å². The number of carbonyl (C=O) groups is 1. The lowest BCUT2D eigenvalue weighted by molar-refractivity contribution is -0.130. The molecule has 0 bridgehead atoms. The van der Waals surface area contributed by atoms with Gasteiger partial charge in [0.05, 0.1) is 17.1 Å². The number of nitrogens with zero attached hydrogens (tertiary/aromatic N) is 3. The molecule has 162 valence electrons. The van der Waals surface area contributed by atoms with Gasteiger partial charge in [0.1, 0.15) is 16.9 Å². The Kier molecular flexibility index (Phi) is 6.14. The highest BCUT2D eigenvalue weighted by Gasteiger charge is 2.48. The molecular weight excluding hydrogens is 418 g/mol. The number of Topliss-reactive ketones (excluding diaryl/α,β-unsaturated/α-hetero) is 1. The summed E-state index contributed by atoms with van der Waals surface area (Å²) in [5, 5.41) is 22.2. The van der Waals surface area contributed by atoms with Crippen molar-refractivity contribution in [3.8, 4) is 6.07 Å². The van der Waals surface area contributed by atoms with Gasteiger partial charge in [-0.1, -0.05) is 36.4 Å². The average Bonchev–Trinajstić information content (AvgIpc) is 2.77. The number of aryl methyl sites for hydroxylation is 1. The lowest BCUT2D eigenvalue weighted by atomic mass is 9.63. The van der Waals surface area contributed by atoms with Crippen molar-refractivity contribution >= 4 is 17.5 Å². The molecular formula is C26H25N3O2S. The van der Waals surface area contributed by atoms with Crippen molar-refractivity contribution in [3.05, 3.63) is 88.4 Å². The fraction of sp³-hybridized carbons (Fsp3) is 0.308. The Bertz CT molecular complexity index is 1190. The number of pyridine rings is 2. The van der Waals surface area contributed by atoms with Gasteiger partial charge in [-0.15, -0.1) is 11.8 Å². The van der Waals surface area contributed by atoms with Crippen molar-refractivity contribution < 1.29 is 9.90 Å². The van der Waals surface area contributed by atoms with Crippen LogP contribution >= 0.6 is 11.8 Å². The molecule has 1 aliphatic rings. The van der Waals surface area contributed by atoms with Gasteiger partial charge in [-0.05, 0) is 49.1 Å². The highest BCUT2D eigenvalue weighted by molar-refractivity contribution is 7.98. The lowest BCUT2D eigenvalue weighted by Crippen LogP contribution is -2.48. The molecule has 0 radical (unpaired) electrons. The van der Waals surface area contributed by atoms with E-state index in [1.165, 1.54) is 18.7 Å². The molecule has 3 atom stereocenters. The van der Waals surface area contributed by atoms with Gasteiger partial charge in [0.2, 0.25) is 0 Å². The van der Waals surface area contributed by atoms with Crippen molar-refractivity contribution in [2.75, 3.05) is 0 Å². The third-order valence-corrected chi connectivity index (χ3v) is 7.21. The molecule has 2 aromatic heterocycles. The molecule has 4 rings (SSSR count). The maximum Gasteiger partial charge on any atom is 0.136 e. The number of aromatic nitrogens is 2. The van der Waals surface area contributed by atoms with Crippen LogP contribution in [0.15, 0.2) is 59.9 Å². The molecule has 1 N–H and O–H groups in total. The van der Waals surface area contributed by atoms with E-state index in [4.69, 9.17) is 4.98 Å². The van der Waals surface area contributed by atoms with Gasteiger partial charge in [0.25, 0.3) is 0 Å². The fourth-order valence-electron chi connectivity index (χ4n) is 4.88. The van der Waals surface area contributed by atoms with E-state index in [-0.39, 0.29) is 12.2 Å². The predicted molar refractivity (Wildman–Crippen MR) is 124 cm³/mol. The van der Waals surface area contributed by atoms with Gasteiger partial charge in [-0.3, -0.25) is 9.78 Å². The van der Waals surface area contributed by atoms with Gasteiger partial charge in [-0.25, -0.2) is 4.98 Å². The number of hydrogen-bond donors (Lipinski definition) is 1. The van der Waals surface area contributed by atoms with Crippen molar-refractivity contribution in [2.45, 2.75) is 49.5 Å². The lowest BCUT2D eigenvalue weighted by Gasteiger charge is -2.43. The fourth-order valence-corrected chi connectivity index (χ4v) is 5.89. The van der Waals surface area contributed by atoms with E-state index < -0.39 is 17.4 Å². The summed E-state index contributed by atoms with van der Waals surface area (Å²) >= 11 is 1.52. The smallest absolute Gasteiger partial charge is 0.136 e. The van der Waals surface area contributed by atoms with Crippen LogP contribution < -0.4 is 0 Å². The van der Waals surface area contributed by atoms with Crippen LogP contribution in [0, 0.1) is 24.2 Å². The minimum atomic E-state index is -1.29. The van der Waals surface area contributed by atoms with Crippen LogP contribution in [-0.4, -0.2) is 26.5 Å². The number of carbonyl (C=O) groups excluding carboxylic acids is 1. The molecule has 32 heavy (non-hydrogen) atoms. The van der Waals surface area contributed by atoms with Crippen LogP contribution in [0.25, 0.3) is 0 Å². The Morgan fingerprint density at radius 1 is 1.28 bits per heavy atom. The van der Waals surface area contributed by atoms with E-state index >= 15 is 0 Å². The summed E-state index contributed by atoms with van der Waals surface area (Å²) in [6.45, 7) is 5.14. The molecule has 1 aromatic carbocycles. The Balaban J connectivity index is 1.87. The van der Waals surface area contributed by atoms with Crippen molar-refractivity contribution in [1.29, 1.82) is 5.26 Å². The number of rotatable bonds is 5. The summed E-state index contributed by atoms with van der Waals surface area (Å²) in [4.78, 5) is 21.8. The molecule has 3 aromatic rings. The summed E-state index contributed by atoms with van der Waals surface area (Å²) in [7, 11) is 0. The number of nitriles is 1. The summed E-state index contributed by atoms with van der Waals surface area (Å²) in [6, 6.07) is 16.1. The molecule has 5 nitrogen and oxygen atoms in total. The number of aliphatic hydroxyl groups is 1. The first-order valence-electron chi connectivity index (χ1n) is 10.6. The molecule has 0 saturated heterocycles. The van der Waals surface area contributed by atoms with Crippen LogP contribution in [0.4, 0.5) is 0 Å². The topological polar surface area (TPSA) is 86.9 Å². The Hall–Kier alpha value is -3.01. The number of fused-ring (bicyclic) bond motifs is 1. The number of ketones is 1. The van der Waals surface area contributed by atoms with Gasteiger partial charge >= 0.3 is 0 Å². The average molecular weight is 444 g/mol. The van der Waals surface area contributed by atoms with Crippen LogP contribution in [-0.2, 0) is 17.0 Å². The number of thioether (sulfide) groups is 1. The van der Waals surface area contributed by atoms with E-state index in [0.29, 0.717) is 16.3 Å². The van der Waals surface area contributed by atoms with E-state index in [1.54, 1.807) is 19.3 Å². The van der Waals surface area contributed by atoms with Crippen molar-refractivity contribution in [3.63, 3.8) is 0 Å². The second-order valence-corrected chi connectivity index (χ2v) is 9.51. The van der Waals surface area contributed by atoms with E-state index in [1.807, 2.05) is 49.4 Å². The highest BCUT2D eigenvalue weighted by Crippen LogP contribution is 2.48. The molecule has 3 unspecified atom stereocenters. The zero-order valence-electron chi connectivity index (χ0n) is 18.4. The minimum absolute atomic E-state index is 0.0880. The van der Waals surface area contributed by atoms with Crippen LogP contribution in [0.3, 0.4) is 0 Å². The van der Waals surface area contributed by atoms with Crippen molar-refractivity contribution in [2.24, 2.45) is 5.92 Å². The molecule has 2 heterocycles. The number of hydrogen-bond acceptors (Lipinski definition) is 6. The third-order valence-electron chi connectivity index (χ3n) is 6.16. The van der Waals surface area contributed by atoms with Gasteiger partial charge in [0.15, 0.2) is 0 Å². The highest BCUT2D eigenvalue weighted by atomic mass is 32.2. The second-order valence-electron chi connectivity index (χ2n) is 8.54. The summed E-state index contributed by atoms with van der Waals surface area (Å²) < 4.78 is 0. The first kappa shape index (κ1) is 22.2. The zero-order valence-corrected chi connectivity index (χ0v) is 19.2. The quantitative estimate of drug-likeness (QED) is 0.580. The number of benzene rings is 1. The minimum Gasteiger partial charge on any atom is -0.389 e. The molecule has 0 amide bonds. The summed E-state index contributed by atoms with van der Waals surface area (Å²) in [5.41, 5.74) is 3.62. The first-order chi connectivity index (χ1) is 15.3. The molecule has 0 aliphatic heterocycles. The maximum absolute atomic E-state index is 12.7. The second kappa shape index (κ2) is 8.85. The third kappa shape index (κ3) is 4.06. The summed E-state index contributed by atoms with van der Waals surface area (Å²) in [5.74, 6) is -0.448. The molecule has 0 fully saturated rings. The monoisotopic (exact) mass is 443 g/mol. The standard InChI is InChI=1S/C26H25N3O2S/c1-16-22-20(21(13-27)25(29-16)32-15-18-8-5-4-6-9-18)12-26(3,31)24(17(2)30)23(22)19-10-7-11-28-14-19/h4-11,14,23-24,31H,12,15H2,1-3H3. The van der Waals surface area contributed by atoms with E-state index in [2.05, 4.69) is 11.1 Å². The molecule has 6 heteroatoms. The van der Waals surface area contributed by atoms with E-state index in [0.717, 1.165) is 27.9 Å². The SMILES string of the molecule is CC(=O)C1C(c2cccnc2)c2c(C)nc(SCc3ccccc3)c(C#N)c2CC1(C)O.